The molecule has 0 aliphatic carbocycles. The smallest absolute Gasteiger partial charge is 0.483 e. The number of carboxylic acids is 1. The summed E-state index contributed by atoms with van der Waals surface area (Å²) in [6.07, 6.45) is -2.82. The largest absolute Gasteiger partial charge is 0.490 e. The van der Waals surface area contributed by atoms with Crippen molar-refractivity contribution >= 4 is 41.6 Å². The van der Waals surface area contributed by atoms with E-state index >= 15 is 0 Å². The van der Waals surface area contributed by atoms with Crippen LogP contribution in [-0.4, -0.2) is 74.8 Å². The van der Waals surface area contributed by atoms with Crippen LogP contribution >= 0.6 is 0 Å². The summed E-state index contributed by atoms with van der Waals surface area (Å²) < 4.78 is 62.1. The van der Waals surface area contributed by atoms with E-state index in [0.29, 0.717) is 28.1 Å². The van der Waals surface area contributed by atoms with Gasteiger partial charge in [-0.25, -0.2) is 9.78 Å². The van der Waals surface area contributed by atoms with Crippen LogP contribution in [0.4, 0.5) is 37.8 Å². The summed E-state index contributed by atoms with van der Waals surface area (Å²) in [6, 6.07) is 11.7. The molecule has 3 rings (SSSR count). The molecule has 1 atom stereocenters. The first-order valence-corrected chi connectivity index (χ1v) is 15.2. The van der Waals surface area contributed by atoms with E-state index in [1.54, 1.807) is 42.5 Å². The Morgan fingerprint density at radius 2 is 1.57 bits per heavy atom. The number of benzene rings is 2. The average Bonchev–Trinajstić information content (AvgIpc) is 3.05. The maximum atomic E-state index is 13.4. The first kappa shape index (κ1) is 46.8. The summed E-state index contributed by atoms with van der Waals surface area (Å²) in [5, 5.41) is 30.3. The Bertz CT molecular complexity index is 1730. The van der Waals surface area contributed by atoms with E-state index in [9.17, 15) is 40.7 Å². The lowest BCUT2D eigenvalue weighted by atomic mass is 10.1. The molecule has 1 aromatic heterocycles. The highest BCUT2D eigenvalue weighted by molar-refractivity contribution is 5.97. The van der Waals surface area contributed by atoms with E-state index in [1.165, 1.54) is 10.8 Å². The lowest BCUT2D eigenvalue weighted by Gasteiger charge is -2.17. The number of amidine groups is 1. The summed E-state index contributed by atoms with van der Waals surface area (Å²) in [5.74, 6) is -3.36. The maximum absolute atomic E-state index is 13.4. The molecule has 10 N–H and O–H groups in total. The van der Waals surface area contributed by atoms with Gasteiger partial charge in [-0.15, -0.1) is 0 Å². The fourth-order valence-electron chi connectivity index (χ4n) is 3.79. The van der Waals surface area contributed by atoms with Gasteiger partial charge in [-0.3, -0.25) is 29.2 Å². The number of carboxylic acid groups (broad SMARTS) is 2. The average molecular weight is 763 g/mol. The third kappa shape index (κ3) is 18.1. The van der Waals surface area contributed by atoms with Crippen molar-refractivity contribution in [2.75, 3.05) is 11.1 Å². The van der Waals surface area contributed by atoms with Crippen molar-refractivity contribution in [3.63, 3.8) is 0 Å². The van der Waals surface area contributed by atoms with Gasteiger partial charge in [0, 0.05) is 41.0 Å². The Hall–Kier alpha value is -6.15. The number of halogens is 6. The molecular formula is C32H40F6N8O7. The van der Waals surface area contributed by atoms with Crippen molar-refractivity contribution in [1.82, 2.24) is 20.2 Å². The van der Waals surface area contributed by atoms with Crippen LogP contribution < -0.4 is 33.0 Å². The normalized spacial score (nSPS) is 10.9. The van der Waals surface area contributed by atoms with E-state index in [4.69, 9.17) is 36.7 Å². The number of alkyl halides is 6. The number of nitrogens with zero attached hydrogens (tertiary/aromatic N) is 2. The highest BCUT2D eigenvalue weighted by Gasteiger charge is 2.38. The molecule has 53 heavy (non-hydrogen) atoms. The fraction of sp³-hybridized carbons (Fsp3) is 0.344. The highest BCUT2D eigenvalue weighted by atomic mass is 19.4. The zero-order valence-electron chi connectivity index (χ0n) is 28.8. The number of anilines is 2. The van der Waals surface area contributed by atoms with E-state index in [2.05, 4.69) is 20.9 Å². The van der Waals surface area contributed by atoms with Crippen molar-refractivity contribution in [2.45, 2.75) is 72.1 Å². The van der Waals surface area contributed by atoms with Crippen LogP contribution in [0.15, 0.2) is 53.5 Å². The number of aromatic nitrogens is 2. The lowest BCUT2D eigenvalue weighted by Crippen LogP contribution is -2.35. The van der Waals surface area contributed by atoms with Crippen LogP contribution in [0.1, 0.15) is 55.6 Å². The maximum Gasteiger partial charge on any atom is 0.490 e. The van der Waals surface area contributed by atoms with Crippen LogP contribution in [-0.2, 0) is 27.5 Å². The van der Waals surface area contributed by atoms with Crippen molar-refractivity contribution in [3.05, 3.63) is 75.7 Å². The standard InChI is InChI=1S/C28H36N8O3.C2HF3O2.CHF3.CH2O2/c1-5-17(4)35-27(38)21-10-20(11-22(29)12-21)23-14-33-26(34-16(2)3)28(39)36(23)15-24(37)32-13-18-6-8-19(9-7-18)25(30)31;3-2(4,5)1(6)7;2-1(3)4;2-1-3/h6-12,14,16-17H,5,13,15,29H2,1-4H3,(H3,30,31)(H,32,37)(H,33,34)(H,35,38);(H,6,7);1H;1H,(H,2,3). The predicted molar refractivity (Wildman–Crippen MR) is 183 cm³/mol. The molecule has 0 spiro atoms. The number of nitrogen functional groups attached to an aromatic ring is 2. The van der Waals surface area contributed by atoms with Gasteiger partial charge in [0.25, 0.3) is 17.9 Å². The number of amides is 2. The van der Waals surface area contributed by atoms with Crippen molar-refractivity contribution in [1.29, 1.82) is 5.41 Å². The van der Waals surface area contributed by atoms with Gasteiger partial charge in [0.2, 0.25) is 5.91 Å². The van der Waals surface area contributed by atoms with Crippen LogP contribution in [0, 0.1) is 5.41 Å². The number of hydrogen-bond acceptors (Lipinski definition) is 9. The Kier molecular flexibility index (Phi) is 20.0. The molecule has 2 aromatic carbocycles. The molecule has 0 fully saturated rings. The minimum absolute atomic E-state index is 0.0222. The molecule has 3 aromatic rings. The topological polar surface area (TPSA) is 256 Å². The second kappa shape index (κ2) is 22.6. The van der Waals surface area contributed by atoms with Gasteiger partial charge in [-0.05, 0) is 51.0 Å². The van der Waals surface area contributed by atoms with E-state index < -0.39 is 30.3 Å². The van der Waals surface area contributed by atoms with Crippen molar-refractivity contribution in [3.8, 4) is 11.3 Å². The van der Waals surface area contributed by atoms with Gasteiger partial charge < -0.3 is 37.6 Å². The third-order valence-corrected chi connectivity index (χ3v) is 6.28. The summed E-state index contributed by atoms with van der Waals surface area (Å²) >= 11 is 0. The van der Waals surface area contributed by atoms with Crippen LogP contribution in [0.25, 0.3) is 11.3 Å². The molecule has 0 aliphatic rings. The second-order valence-electron chi connectivity index (χ2n) is 10.9. The van der Waals surface area contributed by atoms with Crippen LogP contribution in [0.2, 0.25) is 0 Å². The molecule has 2 amide bonds. The SMILES string of the molecule is CCC(C)NC(=O)c1cc(N)cc(-c2cnc(NC(C)C)c(=O)n2CC(=O)NCc2ccc(C(=N)N)cc2)c1.FC(F)F.O=C(O)C(F)(F)F.O=CO. The van der Waals surface area contributed by atoms with Gasteiger partial charge in [0.05, 0.1) is 11.9 Å². The number of hydrogen-bond donors (Lipinski definition) is 8. The minimum Gasteiger partial charge on any atom is -0.483 e. The number of carbonyl (C=O) groups excluding carboxylic acids is 2. The molecule has 15 nitrogen and oxygen atoms in total. The first-order chi connectivity index (χ1) is 24.6. The van der Waals surface area contributed by atoms with E-state index in [-0.39, 0.29) is 49.2 Å². The first-order valence-electron chi connectivity index (χ1n) is 15.2. The number of aliphatic carboxylic acids is 1. The second-order valence-corrected chi connectivity index (χ2v) is 10.9. The number of nitrogens with one attached hydrogen (secondary N) is 4. The zero-order chi connectivity index (χ0) is 41.1. The highest BCUT2D eigenvalue weighted by Crippen LogP contribution is 2.24. The molecule has 1 unspecified atom stereocenters. The van der Waals surface area contributed by atoms with Gasteiger partial charge in [-0.1, -0.05) is 31.2 Å². The Morgan fingerprint density at radius 1 is 1.04 bits per heavy atom. The molecule has 0 saturated heterocycles. The molecule has 0 aliphatic heterocycles. The van der Waals surface area contributed by atoms with Gasteiger partial charge in [-0.2, -0.15) is 26.3 Å². The fourth-order valence-corrected chi connectivity index (χ4v) is 3.79. The molecule has 1 heterocycles. The number of carbonyl (C=O) groups is 4. The lowest BCUT2D eigenvalue weighted by molar-refractivity contribution is -0.192. The van der Waals surface area contributed by atoms with Crippen LogP contribution in [0.3, 0.4) is 0 Å². The Labute approximate surface area is 298 Å². The van der Waals surface area contributed by atoms with E-state index in [1.807, 2.05) is 27.7 Å². The van der Waals surface area contributed by atoms with Gasteiger partial charge in [0.15, 0.2) is 5.82 Å². The molecule has 21 heteroatoms. The number of rotatable bonds is 11. The molecule has 0 saturated carbocycles. The monoisotopic (exact) mass is 762 g/mol. The molecular weight excluding hydrogens is 722 g/mol. The molecule has 0 bridgehead atoms. The van der Waals surface area contributed by atoms with E-state index in [0.717, 1.165) is 12.0 Å². The minimum atomic E-state index is -5.08. The van der Waals surface area contributed by atoms with Crippen molar-refractivity contribution < 1.29 is 55.7 Å². The Morgan fingerprint density at radius 3 is 2.02 bits per heavy atom. The summed E-state index contributed by atoms with van der Waals surface area (Å²) in [5.41, 5.74) is 14.0. The summed E-state index contributed by atoms with van der Waals surface area (Å²) in [4.78, 5) is 60.7. The predicted octanol–water partition coefficient (Wildman–Crippen LogP) is 3.95. The Balaban J connectivity index is 0.00000164. The van der Waals surface area contributed by atoms with Crippen LogP contribution in [0.5, 0.6) is 0 Å². The third-order valence-electron chi connectivity index (χ3n) is 6.28. The van der Waals surface area contributed by atoms with Gasteiger partial charge in [0.1, 0.15) is 12.4 Å². The van der Waals surface area contributed by atoms with Gasteiger partial charge >= 0.3 is 18.8 Å². The molecule has 0 radical (unpaired) electrons. The summed E-state index contributed by atoms with van der Waals surface area (Å²) in [7, 11) is 0. The molecule has 292 valence electrons. The zero-order valence-corrected chi connectivity index (χ0v) is 28.8. The van der Waals surface area contributed by atoms with Crippen molar-refractivity contribution in [2.24, 2.45) is 5.73 Å². The number of nitrogens with two attached hydrogens (primary N) is 2. The quantitative estimate of drug-likeness (QED) is 0.0456. The summed E-state index contributed by atoms with van der Waals surface area (Å²) in [6.45, 7) is 3.66.